The largest absolute Gasteiger partial charge is 0.472 e. The van der Waals surface area contributed by atoms with Crippen LogP contribution in [0.25, 0.3) is 5.82 Å². The number of aromatic nitrogens is 3. The maximum absolute atomic E-state index is 11.9. The molecule has 20 heavy (non-hydrogen) atoms. The van der Waals surface area contributed by atoms with Crippen molar-refractivity contribution in [3.63, 3.8) is 0 Å². The van der Waals surface area contributed by atoms with Gasteiger partial charge in [0.05, 0.1) is 18.1 Å². The van der Waals surface area contributed by atoms with Crippen LogP contribution in [0.3, 0.4) is 0 Å². The smallest absolute Gasteiger partial charge is 0.253 e. The van der Waals surface area contributed by atoms with Crippen molar-refractivity contribution in [3.05, 3.63) is 66.8 Å². The molecule has 6 heteroatoms. The van der Waals surface area contributed by atoms with Crippen LogP contribution in [0, 0.1) is 0 Å². The van der Waals surface area contributed by atoms with E-state index in [1.807, 2.05) is 0 Å². The summed E-state index contributed by atoms with van der Waals surface area (Å²) < 4.78 is 6.71. The predicted octanol–water partition coefficient (Wildman–Crippen LogP) is 1.79. The zero-order chi connectivity index (χ0) is 13.8. The third-order valence-electron chi connectivity index (χ3n) is 2.81. The Morgan fingerprint density at radius 2 is 2.30 bits per heavy atom. The molecule has 0 radical (unpaired) electrons. The van der Waals surface area contributed by atoms with E-state index in [1.54, 1.807) is 60.2 Å². The van der Waals surface area contributed by atoms with Gasteiger partial charge in [-0.05, 0) is 18.2 Å². The quantitative estimate of drug-likeness (QED) is 0.783. The number of nitrogens with zero attached hydrogens (tertiary/aromatic N) is 3. The highest BCUT2D eigenvalue weighted by Crippen LogP contribution is 2.06. The highest BCUT2D eigenvalue weighted by molar-refractivity contribution is 5.93. The van der Waals surface area contributed by atoms with Crippen LogP contribution in [0.15, 0.2) is 60.1 Å². The first-order chi connectivity index (χ1) is 9.83. The minimum Gasteiger partial charge on any atom is -0.472 e. The van der Waals surface area contributed by atoms with Crippen LogP contribution in [0.4, 0.5) is 0 Å². The zero-order valence-corrected chi connectivity index (χ0v) is 10.6. The summed E-state index contributed by atoms with van der Waals surface area (Å²) in [6.45, 7) is 0.429. The lowest BCUT2D eigenvalue weighted by Crippen LogP contribution is -2.22. The summed E-state index contributed by atoms with van der Waals surface area (Å²) in [4.78, 5) is 20.1. The standard InChI is InChI=1S/C14H12N4O2/c19-14(17-7-11-3-6-20-9-11)12-1-2-13(16-8-12)18-5-4-15-10-18/h1-6,8-10H,7H2,(H,17,19). The number of furan rings is 1. The van der Waals surface area contributed by atoms with E-state index in [0.29, 0.717) is 17.9 Å². The number of nitrogens with one attached hydrogen (secondary N) is 1. The highest BCUT2D eigenvalue weighted by Gasteiger charge is 2.06. The number of hydrogen-bond donors (Lipinski definition) is 1. The van der Waals surface area contributed by atoms with Crippen molar-refractivity contribution in [1.29, 1.82) is 0 Å². The first kappa shape index (κ1) is 12.2. The Balaban J connectivity index is 1.66. The average Bonchev–Trinajstić information content (AvgIpc) is 3.18. The van der Waals surface area contributed by atoms with Gasteiger partial charge in [0.2, 0.25) is 0 Å². The molecule has 0 fully saturated rings. The SMILES string of the molecule is O=C(NCc1ccoc1)c1ccc(-n2ccnc2)nc1. The summed E-state index contributed by atoms with van der Waals surface area (Å²) in [7, 11) is 0. The monoisotopic (exact) mass is 268 g/mol. The molecule has 3 aromatic heterocycles. The van der Waals surface area contributed by atoms with Crippen molar-refractivity contribution in [2.45, 2.75) is 6.54 Å². The number of hydrogen-bond acceptors (Lipinski definition) is 4. The maximum atomic E-state index is 11.9. The molecule has 0 bridgehead atoms. The molecule has 1 amide bonds. The van der Waals surface area contributed by atoms with Gasteiger partial charge in [-0.25, -0.2) is 9.97 Å². The second-order valence-corrected chi connectivity index (χ2v) is 4.19. The van der Waals surface area contributed by atoms with Gasteiger partial charge in [0.15, 0.2) is 0 Å². The Bertz CT molecular complexity index is 673. The number of carbonyl (C=O) groups excluding carboxylic acids is 1. The molecule has 3 heterocycles. The van der Waals surface area contributed by atoms with Crippen LogP contribution in [-0.4, -0.2) is 20.4 Å². The molecule has 3 aromatic rings. The van der Waals surface area contributed by atoms with E-state index in [9.17, 15) is 4.79 Å². The lowest BCUT2D eigenvalue weighted by molar-refractivity contribution is 0.0950. The van der Waals surface area contributed by atoms with E-state index in [1.165, 1.54) is 0 Å². The fraction of sp³-hybridized carbons (Fsp3) is 0.0714. The van der Waals surface area contributed by atoms with E-state index < -0.39 is 0 Å². The predicted molar refractivity (Wildman–Crippen MR) is 71.2 cm³/mol. The second-order valence-electron chi connectivity index (χ2n) is 4.19. The number of rotatable bonds is 4. The van der Waals surface area contributed by atoms with Gasteiger partial charge in [0.25, 0.3) is 5.91 Å². The molecule has 0 aromatic carbocycles. The van der Waals surface area contributed by atoms with Crippen molar-refractivity contribution < 1.29 is 9.21 Å². The Morgan fingerprint density at radius 1 is 1.35 bits per heavy atom. The molecule has 0 saturated carbocycles. The molecule has 6 nitrogen and oxygen atoms in total. The Kier molecular flexibility index (Phi) is 3.28. The lowest BCUT2D eigenvalue weighted by atomic mass is 10.2. The second kappa shape index (κ2) is 5.40. The fourth-order valence-electron chi connectivity index (χ4n) is 1.75. The average molecular weight is 268 g/mol. The normalized spacial score (nSPS) is 10.4. The van der Waals surface area contributed by atoms with Crippen molar-refractivity contribution >= 4 is 5.91 Å². The summed E-state index contributed by atoms with van der Waals surface area (Å²) in [6.07, 6.45) is 9.83. The number of pyridine rings is 1. The van der Waals surface area contributed by atoms with Crippen LogP contribution in [0.1, 0.15) is 15.9 Å². The molecule has 0 saturated heterocycles. The topological polar surface area (TPSA) is 73.0 Å². The fourth-order valence-corrected chi connectivity index (χ4v) is 1.75. The summed E-state index contributed by atoms with van der Waals surface area (Å²) in [5.41, 5.74) is 1.43. The molecule has 0 aliphatic rings. The molecule has 0 unspecified atom stereocenters. The van der Waals surface area contributed by atoms with E-state index in [2.05, 4.69) is 15.3 Å². The van der Waals surface area contributed by atoms with Gasteiger partial charge in [0.1, 0.15) is 12.1 Å². The number of imidazole rings is 1. The van der Waals surface area contributed by atoms with Gasteiger partial charge in [-0.15, -0.1) is 0 Å². The van der Waals surface area contributed by atoms with E-state index >= 15 is 0 Å². The first-order valence-corrected chi connectivity index (χ1v) is 6.06. The summed E-state index contributed by atoms with van der Waals surface area (Å²) in [5, 5.41) is 2.80. The van der Waals surface area contributed by atoms with Crippen LogP contribution in [0.2, 0.25) is 0 Å². The maximum Gasteiger partial charge on any atom is 0.253 e. The summed E-state index contributed by atoms with van der Waals surface area (Å²) in [6, 6.07) is 5.31. The van der Waals surface area contributed by atoms with Crippen LogP contribution in [-0.2, 0) is 6.54 Å². The molecule has 0 aliphatic heterocycles. The minimum absolute atomic E-state index is 0.170. The van der Waals surface area contributed by atoms with Crippen molar-refractivity contribution in [3.8, 4) is 5.82 Å². The number of amides is 1. The lowest BCUT2D eigenvalue weighted by Gasteiger charge is -2.05. The van der Waals surface area contributed by atoms with Crippen LogP contribution in [0.5, 0.6) is 0 Å². The van der Waals surface area contributed by atoms with Gasteiger partial charge in [-0.1, -0.05) is 0 Å². The van der Waals surface area contributed by atoms with Crippen molar-refractivity contribution in [2.75, 3.05) is 0 Å². The Hall–Kier alpha value is -2.89. The number of carbonyl (C=O) groups is 1. The molecule has 0 aliphatic carbocycles. The molecule has 0 spiro atoms. The van der Waals surface area contributed by atoms with E-state index in [4.69, 9.17) is 4.42 Å². The van der Waals surface area contributed by atoms with Crippen molar-refractivity contribution in [1.82, 2.24) is 19.9 Å². The third-order valence-corrected chi connectivity index (χ3v) is 2.81. The van der Waals surface area contributed by atoms with Gasteiger partial charge in [0, 0.05) is 30.7 Å². The zero-order valence-electron chi connectivity index (χ0n) is 10.6. The first-order valence-electron chi connectivity index (χ1n) is 6.06. The molecule has 0 atom stereocenters. The van der Waals surface area contributed by atoms with Gasteiger partial charge >= 0.3 is 0 Å². The van der Waals surface area contributed by atoms with Crippen molar-refractivity contribution in [2.24, 2.45) is 0 Å². The molecular weight excluding hydrogens is 256 g/mol. The molecule has 1 N–H and O–H groups in total. The summed E-state index contributed by atoms with van der Waals surface area (Å²) >= 11 is 0. The van der Waals surface area contributed by atoms with Crippen LogP contribution >= 0.6 is 0 Å². The third kappa shape index (κ3) is 2.59. The van der Waals surface area contributed by atoms with Crippen LogP contribution < -0.4 is 5.32 Å². The Labute approximate surface area is 115 Å². The molecule has 100 valence electrons. The van der Waals surface area contributed by atoms with Gasteiger partial charge < -0.3 is 9.73 Å². The minimum atomic E-state index is -0.170. The molecule has 3 rings (SSSR count). The van der Waals surface area contributed by atoms with Gasteiger partial charge in [-0.2, -0.15) is 0 Å². The van der Waals surface area contributed by atoms with E-state index in [-0.39, 0.29) is 5.91 Å². The van der Waals surface area contributed by atoms with Gasteiger partial charge in [-0.3, -0.25) is 9.36 Å². The Morgan fingerprint density at radius 3 is 2.95 bits per heavy atom. The summed E-state index contributed by atoms with van der Waals surface area (Å²) in [5.74, 6) is 0.546. The highest BCUT2D eigenvalue weighted by atomic mass is 16.3. The van der Waals surface area contributed by atoms with E-state index in [0.717, 1.165) is 5.56 Å². The molecular formula is C14H12N4O2.